The van der Waals surface area contributed by atoms with Gasteiger partial charge < -0.3 is 4.42 Å². The summed E-state index contributed by atoms with van der Waals surface area (Å²) in [5, 5.41) is 1.74. The predicted molar refractivity (Wildman–Crippen MR) is 113 cm³/mol. The number of halogens is 1. The number of nitrogens with zero attached hydrogens (tertiary/aromatic N) is 4. The Hall–Kier alpha value is -3.67. The fourth-order valence-electron chi connectivity index (χ4n) is 3.95. The molecule has 4 aromatic heterocycles. The zero-order valence-electron chi connectivity index (χ0n) is 17.2. The summed E-state index contributed by atoms with van der Waals surface area (Å²) in [4.78, 5) is 12.9. The van der Waals surface area contributed by atoms with Gasteiger partial charge in [0, 0.05) is 39.4 Å². The monoisotopic (exact) mass is 399 g/mol. The molecule has 0 unspecified atom stereocenters. The van der Waals surface area contributed by atoms with Gasteiger partial charge in [0.05, 0.1) is 7.05 Å². The standard InChI is InChI=1S/C24H20FN4O/c1-13-7-19-17-5-6-23(25)28-24(17)30-22(19)10-18(13)21-11-20(26-12-29(21)4)16-8-14(2)27-15(3)9-16/h5-12H,1-4H3/q+1. The Balaban J connectivity index is 1.71. The van der Waals surface area contributed by atoms with Gasteiger partial charge in [0.25, 0.3) is 6.33 Å². The number of rotatable bonds is 2. The first-order valence-corrected chi connectivity index (χ1v) is 9.70. The second kappa shape index (κ2) is 6.69. The number of fused-ring (bicyclic) bond motifs is 3. The largest absolute Gasteiger partial charge is 0.438 e. The van der Waals surface area contributed by atoms with E-state index in [1.807, 2.05) is 50.0 Å². The molecule has 0 aliphatic rings. The maximum Gasteiger partial charge on any atom is 0.287 e. The molecule has 0 spiro atoms. The summed E-state index contributed by atoms with van der Waals surface area (Å²) in [5.74, 6) is -0.549. The summed E-state index contributed by atoms with van der Waals surface area (Å²) < 4.78 is 21.4. The second-order valence-electron chi connectivity index (χ2n) is 7.66. The molecule has 0 bridgehead atoms. The first-order valence-electron chi connectivity index (χ1n) is 9.70. The molecule has 4 heterocycles. The van der Waals surface area contributed by atoms with E-state index in [9.17, 15) is 4.39 Å². The lowest BCUT2D eigenvalue weighted by Crippen LogP contribution is -2.31. The van der Waals surface area contributed by atoms with Crippen molar-refractivity contribution < 1.29 is 13.4 Å². The van der Waals surface area contributed by atoms with E-state index in [0.717, 1.165) is 50.2 Å². The minimum atomic E-state index is -0.549. The van der Waals surface area contributed by atoms with Gasteiger partial charge in [-0.1, -0.05) is 0 Å². The average molecular weight is 399 g/mol. The van der Waals surface area contributed by atoms with Gasteiger partial charge in [0.15, 0.2) is 5.69 Å². The van der Waals surface area contributed by atoms with Crippen molar-refractivity contribution in [2.45, 2.75) is 20.8 Å². The Morgan fingerprint density at radius 2 is 1.67 bits per heavy atom. The van der Waals surface area contributed by atoms with Gasteiger partial charge in [0.2, 0.25) is 11.7 Å². The highest BCUT2D eigenvalue weighted by Gasteiger charge is 2.18. The Bertz CT molecular complexity index is 1440. The Morgan fingerprint density at radius 1 is 0.900 bits per heavy atom. The third kappa shape index (κ3) is 3.01. The third-order valence-electron chi connectivity index (χ3n) is 5.33. The fourth-order valence-corrected chi connectivity index (χ4v) is 3.95. The molecular formula is C24H20FN4O+. The highest BCUT2D eigenvalue weighted by molar-refractivity contribution is 6.05. The molecule has 0 fully saturated rings. The van der Waals surface area contributed by atoms with Crippen LogP contribution in [0.25, 0.3) is 44.6 Å². The van der Waals surface area contributed by atoms with Crippen molar-refractivity contribution >= 4 is 22.1 Å². The van der Waals surface area contributed by atoms with E-state index in [2.05, 4.69) is 34.0 Å². The average Bonchev–Trinajstić information content (AvgIpc) is 3.03. The van der Waals surface area contributed by atoms with Crippen molar-refractivity contribution in [3.05, 3.63) is 71.7 Å². The fraction of sp³-hybridized carbons (Fsp3) is 0.167. The minimum Gasteiger partial charge on any atom is -0.438 e. The molecule has 0 amide bonds. The molecule has 6 heteroatoms. The van der Waals surface area contributed by atoms with Crippen LogP contribution in [0.2, 0.25) is 0 Å². The first kappa shape index (κ1) is 18.4. The van der Waals surface area contributed by atoms with E-state index in [-0.39, 0.29) is 0 Å². The Morgan fingerprint density at radius 3 is 2.43 bits per heavy atom. The van der Waals surface area contributed by atoms with Crippen molar-refractivity contribution in [2.75, 3.05) is 0 Å². The van der Waals surface area contributed by atoms with Gasteiger partial charge in [-0.3, -0.25) is 4.98 Å². The Kier molecular flexibility index (Phi) is 4.10. The smallest absolute Gasteiger partial charge is 0.287 e. The normalized spacial score (nSPS) is 11.5. The van der Waals surface area contributed by atoms with Crippen LogP contribution in [-0.2, 0) is 7.05 Å². The van der Waals surface area contributed by atoms with Gasteiger partial charge in [0.1, 0.15) is 11.3 Å². The molecule has 0 saturated heterocycles. The molecule has 0 radical (unpaired) electrons. The number of hydrogen-bond donors (Lipinski definition) is 0. The van der Waals surface area contributed by atoms with Crippen LogP contribution in [-0.4, -0.2) is 15.0 Å². The van der Waals surface area contributed by atoms with Crippen molar-refractivity contribution in [2.24, 2.45) is 7.05 Å². The topological polar surface area (TPSA) is 55.7 Å². The molecule has 5 nitrogen and oxygen atoms in total. The summed E-state index contributed by atoms with van der Waals surface area (Å²) in [6.45, 7) is 6.03. The van der Waals surface area contributed by atoms with Crippen molar-refractivity contribution in [1.82, 2.24) is 15.0 Å². The molecule has 30 heavy (non-hydrogen) atoms. The number of benzene rings is 1. The van der Waals surface area contributed by atoms with Crippen molar-refractivity contribution in [3.63, 3.8) is 0 Å². The number of furan rings is 1. The quantitative estimate of drug-likeness (QED) is 0.310. The molecule has 0 aliphatic heterocycles. The van der Waals surface area contributed by atoms with E-state index in [1.165, 1.54) is 6.07 Å². The van der Waals surface area contributed by atoms with E-state index >= 15 is 0 Å². The summed E-state index contributed by atoms with van der Waals surface area (Å²) in [7, 11) is 1.97. The molecule has 0 saturated carbocycles. The Labute approximate surface area is 172 Å². The third-order valence-corrected chi connectivity index (χ3v) is 5.33. The van der Waals surface area contributed by atoms with Gasteiger partial charge in [-0.2, -0.15) is 9.37 Å². The van der Waals surface area contributed by atoms with Gasteiger partial charge in [-0.25, -0.2) is 4.57 Å². The lowest BCUT2D eigenvalue weighted by molar-refractivity contribution is -0.663. The highest BCUT2D eigenvalue weighted by Crippen LogP contribution is 2.33. The van der Waals surface area contributed by atoms with E-state index < -0.39 is 5.95 Å². The molecular weight excluding hydrogens is 379 g/mol. The van der Waals surface area contributed by atoms with Crippen LogP contribution in [0.3, 0.4) is 0 Å². The number of aromatic nitrogens is 4. The van der Waals surface area contributed by atoms with E-state index in [4.69, 9.17) is 4.42 Å². The summed E-state index contributed by atoms with van der Waals surface area (Å²) >= 11 is 0. The highest BCUT2D eigenvalue weighted by atomic mass is 19.1. The minimum absolute atomic E-state index is 0.309. The van der Waals surface area contributed by atoms with Crippen LogP contribution >= 0.6 is 0 Å². The SMILES string of the molecule is Cc1cc(-c2cc(-c3cc4oc5nc(F)ccc5c4cc3C)[n+](C)cn2)cc(C)n1. The molecule has 5 rings (SSSR count). The number of aryl methyl sites for hydroxylation is 4. The van der Waals surface area contributed by atoms with Crippen LogP contribution in [0.15, 0.2) is 53.2 Å². The maximum atomic E-state index is 13.5. The molecule has 1 aromatic carbocycles. The van der Waals surface area contributed by atoms with Crippen LogP contribution in [0.5, 0.6) is 0 Å². The lowest BCUT2D eigenvalue weighted by atomic mass is 10.0. The summed E-state index contributed by atoms with van der Waals surface area (Å²) in [6.07, 6.45) is 1.81. The predicted octanol–water partition coefficient (Wildman–Crippen LogP) is 4.99. The van der Waals surface area contributed by atoms with Crippen LogP contribution in [0, 0.1) is 26.7 Å². The van der Waals surface area contributed by atoms with E-state index in [0.29, 0.717) is 11.3 Å². The van der Waals surface area contributed by atoms with Gasteiger partial charge in [-0.15, -0.1) is 0 Å². The zero-order valence-corrected chi connectivity index (χ0v) is 17.2. The molecule has 0 N–H and O–H groups in total. The summed E-state index contributed by atoms with van der Waals surface area (Å²) in [6, 6.07) is 13.3. The summed E-state index contributed by atoms with van der Waals surface area (Å²) in [5.41, 5.74) is 7.93. The van der Waals surface area contributed by atoms with Gasteiger partial charge >= 0.3 is 0 Å². The van der Waals surface area contributed by atoms with Gasteiger partial charge in [-0.05, 0) is 67.7 Å². The lowest BCUT2D eigenvalue weighted by Gasteiger charge is -2.08. The first-order chi connectivity index (χ1) is 14.4. The number of pyridine rings is 2. The maximum absolute atomic E-state index is 13.5. The van der Waals surface area contributed by atoms with Crippen LogP contribution in [0.4, 0.5) is 4.39 Å². The molecule has 0 atom stereocenters. The van der Waals surface area contributed by atoms with Crippen LogP contribution in [0.1, 0.15) is 17.0 Å². The molecule has 148 valence electrons. The van der Waals surface area contributed by atoms with Crippen LogP contribution < -0.4 is 4.57 Å². The molecule has 0 aliphatic carbocycles. The van der Waals surface area contributed by atoms with Crippen molar-refractivity contribution in [1.29, 1.82) is 0 Å². The second-order valence-corrected chi connectivity index (χ2v) is 7.66. The zero-order chi connectivity index (χ0) is 21.0. The molecule has 5 aromatic rings. The van der Waals surface area contributed by atoms with E-state index in [1.54, 1.807) is 6.07 Å². The number of hydrogen-bond acceptors (Lipinski definition) is 4. The van der Waals surface area contributed by atoms with Crippen molar-refractivity contribution in [3.8, 4) is 22.5 Å².